The molecule has 26 heavy (non-hydrogen) atoms. The lowest BCUT2D eigenvalue weighted by molar-refractivity contribution is 0.0383. The molecule has 8 heteroatoms. The quantitative estimate of drug-likeness (QED) is 0.787. The van der Waals surface area contributed by atoms with Crippen LogP contribution in [0.1, 0.15) is 10.5 Å². The highest BCUT2D eigenvalue weighted by molar-refractivity contribution is 6.35. The smallest absolute Gasteiger partial charge is 0.269 e. The Balaban J connectivity index is 1.51. The van der Waals surface area contributed by atoms with Crippen molar-refractivity contribution in [3.05, 3.63) is 52.3 Å². The number of ether oxygens (including phenoxy) is 1. The molecule has 1 aliphatic rings. The van der Waals surface area contributed by atoms with Crippen molar-refractivity contribution >= 4 is 40.5 Å². The molecule has 2 aromatic rings. The molecule has 1 saturated heterocycles. The standard InChI is InChI=1S/C18H20Cl2N4O2/c19-13-1-3-15(20)17(11-13)23-14-2-4-16(22-12-14)18(25)21-5-6-24-7-9-26-10-8-24/h1-4,11-12,23H,5-10H2,(H,21,25). The summed E-state index contributed by atoms with van der Waals surface area (Å²) in [6.45, 7) is 4.70. The second-order valence-electron chi connectivity index (χ2n) is 5.89. The van der Waals surface area contributed by atoms with Gasteiger partial charge in [0.2, 0.25) is 0 Å². The van der Waals surface area contributed by atoms with Crippen LogP contribution < -0.4 is 10.6 Å². The van der Waals surface area contributed by atoms with Crippen molar-refractivity contribution in [1.29, 1.82) is 0 Å². The normalized spacial score (nSPS) is 14.8. The fourth-order valence-corrected chi connectivity index (χ4v) is 2.93. The van der Waals surface area contributed by atoms with E-state index in [1.54, 1.807) is 36.5 Å². The van der Waals surface area contributed by atoms with Gasteiger partial charge in [-0.1, -0.05) is 23.2 Å². The van der Waals surface area contributed by atoms with Crippen LogP contribution in [0.2, 0.25) is 10.0 Å². The zero-order chi connectivity index (χ0) is 18.4. The van der Waals surface area contributed by atoms with E-state index in [-0.39, 0.29) is 5.91 Å². The summed E-state index contributed by atoms with van der Waals surface area (Å²) in [5.41, 5.74) is 1.78. The summed E-state index contributed by atoms with van der Waals surface area (Å²) in [5.74, 6) is -0.189. The summed E-state index contributed by atoms with van der Waals surface area (Å²) >= 11 is 12.1. The van der Waals surface area contributed by atoms with Crippen LogP contribution in [0.25, 0.3) is 0 Å². The van der Waals surface area contributed by atoms with E-state index >= 15 is 0 Å². The van der Waals surface area contributed by atoms with E-state index in [2.05, 4.69) is 20.5 Å². The number of hydrogen-bond donors (Lipinski definition) is 2. The third kappa shape index (κ3) is 5.32. The number of morpholine rings is 1. The van der Waals surface area contributed by atoms with Crippen molar-refractivity contribution < 1.29 is 9.53 Å². The maximum Gasteiger partial charge on any atom is 0.269 e. The maximum atomic E-state index is 12.2. The number of rotatable bonds is 6. The molecule has 0 spiro atoms. The summed E-state index contributed by atoms with van der Waals surface area (Å²) in [6, 6.07) is 8.62. The predicted molar refractivity (Wildman–Crippen MR) is 104 cm³/mol. The number of amides is 1. The second kappa shape index (κ2) is 9.19. The van der Waals surface area contributed by atoms with Gasteiger partial charge in [0.05, 0.1) is 35.8 Å². The molecule has 1 aromatic heterocycles. The highest BCUT2D eigenvalue weighted by Crippen LogP contribution is 2.28. The Morgan fingerprint density at radius 3 is 2.73 bits per heavy atom. The zero-order valence-corrected chi connectivity index (χ0v) is 15.7. The van der Waals surface area contributed by atoms with Crippen LogP contribution in [0.4, 0.5) is 11.4 Å². The number of halogens is 2. The Bertz CT molecular complexity index is 749. The Morgan fingerprint density at radius 1 is 1.19 bits per heavy atom. The van der Waals surface area contributed by atoms with Crippen LogP contribution in [0, 0.1) is 0 Å². The number of benzene rings is 1. The van der Waals surface area contributed by atoms with Gasteiger partial charge in [-0.25, -0.2) is 4.98 Å². The number of nitrogens with one attached hydrogen (secondary N) is 2. The van der Waals surface area contributed by atoms with Gasteiger partial charge in [-0.05, 0) is 30.3 Å². The zero-order valence-electron chi connectivity index (χ0n) is 14.2. The van der Waals surface area contributed by atoms with Crippen LogP contribution in [-0.2, 0) is 4.74 Å². The van der Waals surface area contributed by atoms with Crippen molar-refractivity contribution in [2.75, 3.05) is 44.7 Å². The molecule has 1 amide bonds. The number of carbonyl (C=O) groups is 1. The summed E-state index contributed by atoms with van der Waals surface area (Å²) in [7, 11) is 0. The molecular formula is C18H20Cl2N4O2. The maximum absolute atomic E-state index is 12.2. The first-order valence-electron chi connectivity index (χ1n) is 8.38. The van der Waals surface area contributed by atoms with Crippen molar-refractivity contribution in [2.24, 2.45) is 0 Å². The molecule has 1 aliphatic heterocycles. The Hall–Kier alpha value is -1.86. The Labute approximate surface area is 162 Å². The minimum atomic E-state index is -0.189. The van der Waals surface area contributed by atoms with E-state index in [1.807, 2.05) is 0 Å². The van der Waals surface area contributed by atoms with Gasteiger partial charge in [0.15, 0.2) is 0 Å². The lowest BCUT2D eigenvalue weighted by atomic mass is 10.2. The van der Waals surface area contributed by atoms with Gasteiger partial charge in [-0.2, -0.15) is 0 Å². The van der Waals surface area contributed by atoms with Gasteiger partial charge >= 0.3 is 0 Å². The van der Waals surface area contributed by atoms with E-state index in [9.17, 15) is 4.79 Å². The average Bonchev–Trinajstić information content (AvgIpc) is 2.66. The van der Waals surface area contributed by atoms with Gasteiger partial charge < -0.3 is 15.4 Å². The van der Waals surface area contributed by atoms with Crippen LogP contribution in [0.3, 0.4) is 0 Å². The van der Waals surface area contributed by atoms with E-state index in [0.717, 1.165) is 38.5 Å². The van der Waals surface area contributed by atoms with E-state index in [4.69, 9.17) is 27.9 Å². The third-order valence-corrected chi connectivity index (χ3v) is 4.59. The number of pyridine rings is 1. The van der Waals surface area contributed by atoms with Crippen LogP contribution >= 0.6 is 23.2 Å². The fourth-order valence-electron chi connectivity index (χ4n) is 2.59. The molecule has 2 N–H and O–H groups in total. The second-order valence-corrected chi connectivity index (χ2v) is 6.73. The number of nitrogens with zero attached hydrogens (tertiary/aromatic N) is 2. The lowest BCUT2D eigenvalue weighted by Gasteiger charge is -2.26. The first-order chi connectivity index (χ1) is 12.6. The molecule has 0 unspecified atom stereocenters. The van der Waals surface area contributed by atoms with Gasteiger partial charge in [-0.3, -0.25) is 9.69 Å². The average molecular weight is 395 g/mol. The predicted octanol–water partition coefficient (Wildman–Crippen LogP) is 3.19. The van der Waals surface area contributed by atoms with Gasteiger partial charge in [-0.15, -0.1) is 0 Å². The third-order valence-electron chi connectivity index (χ3n) is 4.02. The molecule has 3 rings (SSSR count). The number of anilines is 2. The van der Waals surface area contributed by atoms with Gasteiger partial charge in [0, 0.05) is 31.2 Å². The molecule has 0 radical (unpaired) electrons. The van der Waals surface area contributed by atoms with E-state index in [0.29, 0.717) is 28.0 Å². The van der Waals surface area contributed by atoms with Crippen molar-refractivity contribution in [3.63, 3.8) is 0 Å². The minimum absolute atomic E-state index is 0.189. The summed E-state index contributed by atoms with van der Waals surface area (Å²) in [5, 5.41) is 7.16. The molecule has 6 nitrogen and oxygen atoms in total. The van der Waals surface area contributed by atoms with Crippen LogP contribution in [0.5, 0.6) is 0 Å². The Kier molecular flexibility index (Phi) is 6.68. The topological polar surface area (TPSA) is 66.5 Å². The summed E-state index contributed by atoms with van der Waals surface area (Å²) in [6.07, 6.45) is 1.59. The van der Waals surface area contributed by atoms with Crippen LogP contribution in [-0.4, -0.2) is 55.2 Å². The Morgan fingerprint density at radius 2 is 2.00 bits per heavy atom. The van der Waals surface area contributed by atoms with E-state index < -0.39 is 0 Å². The van der Waals surface area contributed by atoms with Crippen LogP contribution in [0.15, 0.2) is 36.5 Å². The molecule has 1 aromatic carbocycles. The van der Waals surface area contributed by atoms with Crippen molar-refractivity contribution in [3.8, 4) is 0 Å². The molecule has 0 saturated carbocycles. The monoisotopic (exact) mass is 394 g/mol. The van der Waals surface area contributed by atoms with Crippen molar-refractivity contribution in [1.82, 2.24) is 15.2 Å². The number of aromatic nitrogens is 1. The molecule has 0 aliphatic carbocycles. The first kappa shape index (κ1) is 18.9. The molecule has 0 atom stereocenters. The highest BCUT2D eigenvalue weighted by atomic mass is 35.5. The van der Waals surface area contributed by atoms with E-state index in [1.165, 1.54) is 0 Å². The molecule has 0 bridgehead atoms. The summed E-state index contributed by atoms with van der Waals surface area (Å²) < 4.78 is 5.30. The van der Waals surface area contributed by atoms with Crippen molar-refractivity contribution in [2.45, 2.75) is 0 Å². The lowest BCUT2D eigenvalue weighted by Crippen LogP contribution is -2.41. The molecule has 2 heterocycles. The number of carbonyl (C=O) groups excluding carboxylic acids is 1. The first-order valence-corrected chi connectivity index (χ1v) is 9.14. The number of hydrogen-bond acceptors (Lipinski definition) is 5. The minimum Gasteiger partial charge on any atom is -0.379 e. The van der Waals surface area contributed by atoms with Gasteiger partial charge in [0.1, 0.15) is 5.69 Å². The van der Waals surface area contributed by atoms with Gasteiger partial charge in [0.25, 0.3) is 5.91 Å². The summed E-state index contributed by atoms with van der Waals surface area (Å²) in [4.78, 5) is 18.6. The molecule has 138 valence electrons. The SMILES string of the molecule is O=C(NCCN1CCOCC1)c1ccc(Nc2cc(Cl)ccc2Cl)cn1. The largest absolute Gasteiger partial charge is 0.379 e. The highest BCUT2D eigenvalue weighted by Gasteiger charge is 2.11. The molecule has 1 fully saturated rings. The fraction of sp³-hybridized carbons (Fsp3) is 0.333. The molecular weight excluding hydrogens is 375 g/mol.